The molecule has 8 heteroatoms. The largest absolute Gasteiger partial charge is 0.497 e. The number of imidazole rings is 1. The van der Waals surface area contributed by atoms with Crippen LogP contribution in [-0.2, 0) is 20.1 Å². The molecular formula is C19H24N6O2. The van der Waals surface area contributed by atoms with Gasteiger partial charge in [0.2, 0.25) is 0 Å². The van der Waals surface area contributed by atoms with Crippen LogP contribution in [-0.4, -0.2) is 48.5 Å². The minimum absolute atomic E-state index is 0.0148. The molecular weight excluding hydrogens is 344 g/mol. The molecule has 0 bridgehead atoms. The van der Waals surface area contributed by atoms with E-state index in [1.807, 2.05) is 55.9 Å². The maximum Gasteiger partial charge on any atom is 0.276 e. The summed E-state index contributed by atoms with van der Waals surface area (Å²) in [4.78, 5) is 19.0. The Morgan fingerprint density at radius 1 is 1.26 bits per heavy atom. The van der Waals surface area contributed by atoms with Crippen LogP contribution >= 0.6 is 0 Å². The highest BCUT2D eigenvalue weighted by Gasteiger charge is 2.23. The molecule has 27 heavy (non-hydrogen) atoms. The summed E-state index contributed by atoms with van der Waals surface area (Å²) in [5, 5.41) is 8.17. The molecule has 142 valence electrons. The predicted molar refractivity (Wildman–Crippen MR) is 100 cm³/mol. The van der Waals surface area contributed by atoms with Gasteiger partial charge in [-0.1, -0.05) is 17.3 Å². The Morgan fingerprint density at radius 3 is 2.59 bits per heavy atom. The van der Waals surface area contributed by atoms with Crippen LogP contribution in [0.15, 0.2) is 42.9 Å². The number of aromatic nitrogens is 5. The third-order valence-corrected chi connectivity index (χ3v) is 4.38. The second-order valence-electron chi connectivity index (χ2n) is 6.63. The van der Waals surface area contributed by atoms with Crippen molar-refractivity contribution in [2.45, 2.75) is 33.0 Å². The van der Waals surface area contributed by atoms with Crippen LogP contribution in [0.4, 0.5) is 0 Å². The molecule has 0 saturated heterocycles. The molecule has 0 unspecified atom stereocenters. The average Bonchev–Trinajstić information content (AvgIpc) is 3.28. The number of carbonyl (C=O) groups is 1. The van der Waals surface area contributed by atoms with Crippen molar-refractivity contribution >= 4 is 5.91 Å². The van der Waals surface area contributed by atoms with E-state index in [4.69, 9.17) is 4.74 Å². The van der Waals surface area contributed by atoms with Gasteiger partial charge in [-0.3, -0.25) is 4.79 Å². The molecule has 0 aliphatic heterocycles. The van der Waals surface area contributed by atoms with Crippen LogP contribution < -0.4 is 4.74 Å². The molecule has 2 heterocycles. The molecule has 3 rings (SSSR count). The first-order valence-electron chi connectivity index (χ1n) is 8.78. The summed E-state index contributed by atoms with van der Waals surface area (Å²) in [6, 6.07) is 7.73. The molecule has 0 N–H and O–H groups in total. The lowest BCUT2D eigenvalue weighted by molar-refractivity contribution is 0.0677. The normalized spacial score (nSPS) is 11.0. The molecule has 3 aromatic rings. The molecule has 8 nitrogen and oxygen atoms in total. The first-order valence-corrected chi connectivity index (χ1v) is 8.78. The molecule has 1 amide bonds. The number of ether oxygens (including phenoxy) is 1. The highest BCUT2D eigenvalue weighted by atomic mass is 16.5. The van der Waals surface area contributed by atoms with Crippen molar-refractivity contribution < 1.29 is 9.53 Å². The molecule has 0 spiro atoms. The van der Waals surface area contributed by atoms with Crippen LogP contribution in [0.25, 0.3) is 0 Å². The number of nitrogens with zero attached hydrogens (tertiary/aromatic N) is 6. The standard InChI is InChI=1S/C19H24N6O2/c1-14(2)25(13-18-20-9-10-23(18)3)19(26)17-12-24(22-21-17)11-15-5-7-16(27-4)8-6-15/h5-10,12,14H,11,13H2,1-4H3. The van der Waals surface area contributed by atoms with Crippen molar-refractivity contribution in [1.29, 1.82) is 0 Å². The van der Waals surface area contributed by atoms with E-state index in [2.05, 4.69) is 15.3 Å². The van der Waals surface area contributed by atoms with Gasteiger partial charge in [-0.2, -0.15) is 0 Å². The summed E-state index contributed by atoms with van der Waals surface area (Å²) in [7, 11) is 3.55. The number of hydrogen-bond donors (Lipinski definition) is 0. The number of benzene rings is 1. The molecule has 0 fully saturated rings. The van der Waals surface area contributed by atoms with Gasteiger partial charge < -0.3 is 14.2 Å². The van der Waals surface area contributed by atoms with Gasteiger partial charge in [-0.05, 0) is 31.5 Å². The van der Waals surface area contributed by atoms with E-state index in [9.17, 15) is 4.79 Å². The summed E-state index contributed by atoms with van der Waals surface area (Å²) in [5.41, 5.74) is 1.37. The topological polar surface area (TPSA) is 78.1 Å². The number of rotatable bonds is 7. The Morgan fingerprint density at radius 2 is 2.00 bits per heavy atom. The lowest BCUT2D eigenvalue weighted by Gasteiger charge is -2.25. The van der Waals surface area contributed by atoms with Crippen molar-refractivity contribution in [1.82, 2.24) is 29.4 Å². The number of aryl methyl sites for hydroxylation is 1. The molecule has 0 radical (unpaired) electrons. The van der Waals surface area contributed by atoms with Crippen LogP contribution in [0.3, 0.4) is 0 Å². The minimum Gasteiger partial charge on any atom is -0.497 e. The zero-order valence-corrected chi connectivity index (χ0v) is 16.0. The molecule has 1 aromatic carbocycles. The molecule has 2 aromatic heterocycles. The Hall–Kier alpha value is -3.16. The van der Waals surface area contributed by atoms with E-state index in [0.717, 1.165) is 17.1 Å². The van der Waals surface area contributed by atoms with Crippen molar-refractivity contribution in [3.8, 4) is 5.75 Å². The molecule has 0 saturated carbocycles. The summed E-state index contributed by atoms with van der Waals surface area (Å²) >= 11 is 0. The quantitative estimate of drug-likeness (QED) is 0.638. The first kappa shape index (κ1) is 18.6. The van der Waals surface area contributed by atoms with E-state index in [1.165, 1.54) is 0 Å². The van der Waals surface area contributed by atoms with Crippen molar-refractivity contribution in [3.05, 3.63) is 59.9 Å². The summed E-state index contributed by atoms with van der Waals surface area (Å²) < 4.78 is 8.73. The fraction of sp³-hybridized carbons (Fsp3) is 0.368. The third kappa shape index (κ3) is 4.33. The maximum atomic E-state index is 12.9. The van der Waals surface area contributed by atoms with Crippen LogP contribution in [0.5, 0.6) is 5.75 Å². The van der Waals surface area contributed by atoms with Crippen LogP contribution in [0.1, 0.15) is 35.7 Å². The van der Waals surface area contributed by atoms with Crippen molar-refractivity contribution in [2.24, 2.45) is 7.05 Å². The summed E-state index contributed by atoms with van der Waals surface area (Å²) in [5.74, 6) is 1.46. The minimum atomic E-state index is -0.158. The number of methoxy groups -OCH3 is 1. The van der Waals surface area contributed by atoms with E-state index >= 15 is 0 Å². The monoisotopic (exact) mass is 368 g/mol. The summed E-state index contributed by atoms with van der Waals surface area (Å²) in [6.07, 6.45) is 5.27. The van der Waals surface area contributed by atoms with Gasteiger partial charge in [0.25, 0.3) is 5.91 Å². The van der Waals surface area contributed by atoms with Gasteiger partial charge in [0.05, 0.1) is 26.4 Å². The van der Waals surface area contributed by atoms with E-state index < -0.39 is 0 Å². The Labute approximate surface area is 158 Å². The lowest BCUT2D eigenvalue weighted by Crippen LogP contribution is -2.37. The van der Waals surface area contributed by atoms with Crippen molar-refractivity contribution in [2.75, 3.05) is 7.11 Å². The van der Waals surface area contributed by atoms with Gasteiger partial charge in [-0.15, -0.1) is 5.10 Å². The number of carbonyl (C=O) groups excluding carboxylic acids is 1. The van der Waals surface area contributed by atoms with E-state index in [-0.39, 0.29) is 11.9 Å². The summed E-state index contributed by atoms with van der Waals surface area (Å²) in [6.45, 7) is 4.90. The Bertz CT molecular complexity index is 897. The highest BCUT2D eigenvalue weighted by Crippen LogP contribution is 2.14. The zero-order chi connectivity index (χ0) is 19.4. The maximum absolute atomic E-state index is 12.9. The predicted octanol–water partition coefficient (Wildman–Crippen LogP) is 2.12. The number of hydrogen-bond acceptors (Lipinski definition) is 5. The van der Waals surface area contributed by atoms with E-state index in [1.54, 1.807) is 29.1 Å². The van der Waals surface area contributed by atoms with Gasteiger partial charge in [0.1, 0.15) is 11.6 Å². The van der Waals surface area contributed by atoms with Crippen LogP contribution in [0.2, 0.25) is 0 Å². The van der Waals surface area contributed by atoms with Gasteiger partial charge in [-0.25, -0.2) is 9.67 Å². The smallest absolute Gasteiger partial charge is 0.276 e. The van der Waals surface area contributed by atoms with Crippen molar-refractivity contribution in [3.63, 3.8) is 0 Å². The highest BCUT2D eigenvalue weighted by molar-refractivity contribution is 5.92. The van der Waals surface area contributed by atoms with Gasteiger partial charge >= 0.3 is 0 Å². The molecule has 0 aliphatic carbocycles. The average molecular weight is 368 g/mol. The Kier molecular flexibility index (Phi) is 5.54. The Balaban J connectivity index is 1.72. The SMILES string of the molecule is COc1ccc(Cn2cc(C(=O)N(Cc3nccn3C)C(C)C)nn2)cc1. The fourth-order valence-electron chi connectivity index (χ4n) is 2.73. The fourth-order valence-corrected chi connectivity index (χ4v) is 2.73. The lowest BCUT2D eigenvalue weighted by atomic mass is 10.2. The first-order chi connectivity index (χ1) is 13.0. The molecule has 0 atom stereocenters. The van der Waals surface area contributed by atoms with E-state index in [0.29, 0.717) is 18.8 Å². The second kappa shape index (κ2) is 8.03. The zero-order valence-electron chi connectivity index (χ0n) is 16.0. The number of amides is 1. The van der Waals surface area contributed by atoms with Gasteiger partial charge in [0.15, 0.2) is 5.69 Å². The third-order valence-electron chi connectivity index (χ3n) is 4.38. The van der Waals surface area contributed by atoms with Crippen LogP contribution in [0, 0.1) is 0 Å². The second-order valence-corrected chi connectivity index (χ2v) is 6.63. The molecule has 0 aliphatic rings. The van der Waals surface area contributed by atoms with Gasteiger partial charge in [0, 0.05) is 25.5 Å².